The van der Waals surface area contributed by atoms with Gasteiger partial charge in [0, 0.05) is 12.0 Å². The summed E-state index contributed by atoms with van der Waals surface area (Å²) < 4.78 is 5.68. The van der Waals surface area contributed by atoms with Crippen LogP contribution < -0.4 is 10.5 Å². The van der Waals surface area contributed by atoms with Crippen molar-refractivity contribution < 1.29 is 4.74 Å². The second-order valence-corrected chi connectivity index (χ2v) is 7.44. The number of amidine groups is 1. The van der Waals surface area contributed by atoms with E-state index in [0.29, 0.717) is 21.8 Å². The average molecular weight is 397 g/mol. The fourth-order valence-corrected chi connectivity index (χ4v) is 3.49. The van der Waals surface area contributed by atoms with Crippen LogP contribution in [0.2, 0.25) is 5.15 Å². The van der Waals surface area contributed by atoms with Crippen LogP contribution in [0, 0.1) is 5.41 Å². The van der Waals surface area contributed by atoms with E-state index in [-0.39, 0.29) is 5.17 Å². The predicted octanol–water partition coefficient (Wildman–Crippen LogP) is 4.61. The van der Waals surface area contributed by atoms with E-state index in [0.717, 1.165) is 48.1 Å². The Morgan fingerprint density at radius 3 is 2.60 bits per heavy atom. The molecule has 5 nitrogen and oxygen atoms in total. The van der Waals surface area contributed by atoms with Crippen LogP contribution in [0.1, 0.15) is 30.9 Å². The third kappa shape index (κ3) is 6.09. The number of thioether (sulfide) groups is 2. The minimum Gasteiger partial charge on any atom is -0.494 e. The van der Waals surface area contributed by atoms with E-state index in [4.69, 9.17) is 27.5 Å². The Bertz CT molecular complexity index is 725. The lowest BCUT2D eigenvalue weighted by molar-refractivity contribution is 0.309. The normalized spacial score (nSPS) is 10.7. The van der Waals surface area contributed by atoms with Crippen molar-refractivity contribution >= 4 is 40.3 Å². The lowest BCUT2D eigenvalue weighted by Crippen LogP contribution is -2.07. The van der Waals surface area contributed by atoms with Gasteiger partial charge in [0.15, 0.2) is 10.3 Å². The fourth-order valence-electron chi connectivity index (χ4n) is 2.09. The first-order valence-electron chi connectivity index (χ1n) is 7.87. The molecule has 0 saturated heterocycles. The summed E-state index contributed by atoms with van der Waals surface area (Å²) in [7, 11) is 0. The molecule has 3 N–H and O–H groups in total. The molecule has 25 heavy (non-hydrogen) atoms. The molecule has 0 unspecified atom stereocenters. The molecular weight excluding hydrogens is 376 g/mol. The van der Waals surface area contributed by atoms with E-state index in [1.165, 1.54) is 11.8 Å². The molecular formula is C17H21ClN4OS2. The van der Waals surface area contributed by atoms with E-state index >= 15 is 0 Å². The van der Waals surface area contributed by atoms with Crippen molar-refractivity contribution in [2.24, 2.45) is 5.73 Å². The Balaban J connectivity index is 2.19. The second kappa shape index (κ2) is 9.89. The molecule has 1 heterocycles. The van der Waals surface area contributed by atoms with Gasteiger partial charge in [0.2, 0.25) is 0 Å². The maximum Gasteiger partial charge on any atom is 0.189 e. The Morgan fingerprint density at radius 2 is 2.00 bits per heavy atom. The molecule has 2 rings (SSSR count). The van der Waals surface area contributed by atoms with Crippen LogP contribution in [0.15, 0.2) is 34.4 Å². The first-order valence-corrected chi connectivity index (χ1v) is 10.3. The van der Waals surface area contributed by atoms with Crippen molar-refractivity contribution in [3.8, 4) is 5.75 Å². The second-order valence-electron chi connectivity index (χ2n) is 5.27. The zero-order valence-corrected chi connectivity index (χ0v) is 16.6. The summed E-state index contributed by atoms with van der Waals surface area (Å²) in [6.07, 6.45) is 4.60. The van der Waals surface area contributed by atoms with Gasteiger partial charge < -0.3 is 10.5 Å². The zero-order valence-electron chi connectivity index (χ0n) is 14.2. The van der Waals surface area contributed by atoms with Crippen LogP contribution in [-0.4, -0.2) is 28.0 Å². The van der Waals surface area contributed by atoms with Gasteiger partial charge in [-0.3, -0.25) is 5.41 Å². The topological polar surface area (TPSA) is 84.9 Å². The monoisotopic (exact) mass is 396 g/mol. The standard InChI is InChI=1S/C17H21ClN4OS2/c1-3-4-9-23-12-7-5-11(6-8-12)10-13-14(18)21-17(24-2)22-15(13)25-16(19)20/h5-8H,3-4,9-10H2,1-2H3,(H3,19,20). The summed E-state index contributed by atoms with van der Waals surface area (Å²) >= 11 is 8.84. The largest absolute Gasteiger partial charge is 0.494 e. The number of aromatic nitrogens is 2. The van der Waals surface area contributed by atoms with Crippen molar-refractivity contribution in [2.75, 3.05) is 12.9 Å². The molecule has 0 fully saturated rings. The van der Waals surface area contributed by atoms with Crippen molar-refractivity contribution in [1.29, 1.82) is 5.41 Å². The molecule has 0 bridgehead atoms. The molecule has 2 aromatic rings. The zero-order chi connectivity index (χ0) is 18.2. The van der Waals surface area contributed by atoms with Crippen LogP contribution in [0.25, 0.3) is 0 Å². The van der Waals surface area contributed by atoms with Crippen LogP contribution in [0.3, 0.4) is 0 Å². The molecule has 0 saturated carbocycles. The molecule has 0 amide bonds. The SMILES string of the molecule is CCCCOc1ccc(Cc2c(Cl)nc(SC)nc2SC(=N)N)cc1. The van der Waals surface area contributed by atoms with E-state index < -0.39 is 0 Å². The van der Waals surface area contributed by atoms with E-state index in [1.807, 2.05) is 30.5 Å². The highest BCUT2D eigenvalue weighted by Gasteiger charge is 2.15. The van der Waals surface area contributed by atoms with Crippen molar-refractivity contribution in [2.45, 2.75) is 36.4 Å². The molecule has 0 aliphatic heterocycles. The molecule has 134 valence electrons. The molecule has 0 atom stereocenters. The number of hydrogen-bond donors (Lipinski definition) is 2. The van der Waals surface area contributed by atoms with Gasteiger partial charge in [-0.2, -0.15) is 0 Å². The predicted molar refractivity (Wildman–Crippen MR) is 106 cm³/mol. The Morgan fingerprint density at radius 1 is 1.28 bits per heavy atom. The van der Waals surface area contributed by atoms with Gasteiger partial charge in [-0.15, -0.1) is 0 Å². The Kier molecular flexibility index (Phi) is 7.87. The van der Waals surface area contributed by atoms with Gasteiger partial charge in [-0.25, -0.2) is 9.97 Å². The molecule has 0 aliphatic rings. The smallest absolute Gasteiger partial charge is 0.189 e. The average Bonchev–Trinajstić information content (AvgIpc) is 2.58. The van der Waals surface area contributed by atoms with Crippen LogP contribution >= 0.6 is 35.1 Å². The van der Waals surface area contributed by atoms with Gasteiger partial charge in [-0.1, -0.05) is 48.8 Å². The third-order valence-electron chi connectivity index (χ3n) is 3.36. The number of hydrogen-bond acceptors (Lipinski definition) is 6. The summed E-state index contributed by atoms with van der Waals surface area (Å²) in [6, 6.07) is 7.91. The molecule has 0 aliphatic carbocycles. The molecule has 0 spiro atoms. The number of nitrogens with two attached hydrogens (primary N) is 1. The van der Waals surface area contributed by atoms with Crippen LogP contribution in [0.4, 0.5) is 0 Å². The molecule has 1 aromatic heterocycles. The van der Waals surface area contributed by atoms with Gasteiger partial charge in [-0.05, 0) is 42.1 Å². The number of benzene rings is 1. The summed E-state index contributed by atoms with van der Waals surface area (Å²) in [5, 5.41) is 9.09. The maximum absolute atomic E-state index is 7.53. The first-order chi connectivity index (χ1) is 12.0. The summed E-state index contributed by atoms with van der Waals surface area (Å²) in [5.41, 5.74) is 7.37. The molecule has 8 heteroatoms. The number of nitrogens with one attached hydrogen (secondary N) is 1. The van der Waals surface area contributed by atoms with Gasteiger partial charge >= 0.3 is 0 Å². The number of rotatable bonds is 8. The molecule has 1 aromatic carbocycles. The lowest BCUT2D eigenvalue weighted by atomic mass is 10.1. The van der Waals surface area contributed by atoms with Crippen LogP contribution in [-0.2, 0) is 6.42 Å². The summed E-state index contributed by atoms with van der Waals surface area (Å²) in [5.74, 6) is 0.857. The van der Waals surface area contributed by atoms with Gasteiger partial charge in [0.05, 0.1) is 6.61 Å². The van der Waals surface area contributed by atoms with Crippen molar-refractivity contribution in [1.82, 2.24) is 9.97 Å². The minimum absolute atomic E-state index is 0.0252. The number of nitrogens with zero attached hydrogens (tertiary/aromatic N) is 2. The fraction of sp³-hybridized carbons (Fsp3) is 0.353. The van der Waals surface area contributed by atoms with E-state index in [9.17, 15) is 0 Å². The van der Waals surface area contributed by atoms with E-state index in [2.05, 4.69) is 16.9 Å². The van der Waals surface area contributed by atoms with Crippen molar-refractivity contribution in [3.63, 3.8) is 0 Å². The Hall–Kier alpha value is -1.44. The summed E-state index contributed by atoms with van der Waals surface area (Å²) in [6.45, 7) is 2.86. The highest BCUT2D eigenvalue weighted by Crippen LogP contribution is 2.30. The molecule has 0 radical (unpaired) electrons. The highest BCUT2D eigenvalue weighted by molar-refractivity contribution is 8.13. The van der Waals surface area contributed by atoms with Gasteiger partial charge in [0.25, 0.3) is 0 Å². The minimum atomic E-state index is -0.0252. The number of unbranched alkanes of at least 4 members (excludes halogenated alkanes) is 1. The maximum atomic E-state index is 7.53. The third-order valence-corrected chi connectivity index (χ3v) is 4.97. The number of ether oxygens (including phenoxy) is 1. The van der Waals surface area contributed by atoms with E-state index in [1.54, 1.807) is 0 Å². The summed E-state index contributed by atoms with van der Waals surface area (Å²) in [4.78, 5) is 8.73. The quantitative estimate of drug-likeness (QED) is 0.169. The first kappa shape index (κ1) is 19.9. The number of halogens is 1. The lowest BCUT2D eigenvalue weighted by Gasteiger charge is -2.11. The van der Waals surface area contributed by atoms with Crippen LogP contribution in [0.5, 0.6) is 5.75 Å². The van der Waals surface area contributed by atoms with Gasteiger partial charge in [0.1, 0.15) is 15.9 Å². The highest BCUT2D eigenvalue weighted by atomic mass is 35.5. The Labute approximate surface area is 161 Å². The van der Waals surface area contributed by atoms with Crippen molar-refractivity contribution in [3.05, 3.63) is 40.5 Å².